The number of thioether (sulfide) groups is 1. The summed E-state index contributed by atoms with van der Waals surface area (Å²) in [5, 5.41) is 3.99. The van der Waals surface area contributed by atoms with Gasteiger partial charge in [-0.05, 0) is 43.7 Å². The zero-order valence-corrected chi connectivity index (χ0v) is 16.6. The molecule has 0 bridgehead atoms. The van der Waals surface area contributed by atoms with E-state index >= 15 is 0 Å². The van der Waals surface area contributed by atoms with E-state index in [1.807, 2.05) is 35.7 Å². The third-order valence-electron chi connectivity index (χ3n) is 4.84. The molecule has 1 aromatic carbocycles. The molecule has 144 valence electrons. The second-order valence-corrected chi connectivity index (χ2v) is 8.09. The molecule has 3 heterocycles. The van der Waals surface area contributed by atoms with Gasteiger partial charge in [0.15, 0.2) is 5.65 Å². The minimum absolute atomic E-state index is 0.0645. The first-order valence-corrected chi connectivity index (χ1v) is 10.3. The number of anilines is 2. The smallest absolute Gasteiger partial charge is 0.257 e. The van der Waals surface area contributed by atoms with Gasteiger partial charge in [0, 0.05) is 47.6 Å². The second kappa shape index (κ2) is 7.75. The molecule has 5 nitrogen and oxygen atoms in total. The Labute approximate surface area is 167 Å². The SMILES string of the molecule is Cc1ccc2c(Nc3ccc(C)c(F)c3)c(C(=O)N3CCSCC3)cnc2n1. The van der Waals surface area contributed by atoms with Crippen molar-refractivity contribution in [3.05, 3.63) is 59.2 Å². The Kier molecular flexibility index (Phi) is 5.17. The van der Waals surface area contributed by atoms with Crippen molar-refractivity contribution in [1.82, 2.24) is 14.9 Å². The Morgan fingerprint density at radius 3 is 2.71 bits per heavy atom. The molecule has 3 aromatic rings. The maximum Gasteiger partial charge on any atom is 0.257 e. The second-order valence-electron chi connectivity index (χ2n) is 6.86. The average Bonchev–Trinajstić information content (AvgIpc) is 2.71. The lowest BCUT2D eigenvalue weighted by Gasteiger charge is -2.27. The van der Waals surface area contributed by atoms with Crippen molar-refractivity contribution in [1.29, 1.82) is 0 Å². The van der Waals surface area contributed by atoms with Gasteiger partial charge in [0.1, 0.15) is 5.82 Å². The third kappa shape index (κ3) is 3.67. The van der Waals surface area contributed by atoms with Crippen LogP contribution in [0.15, 0.2) is 36.5 Å². The van der Waals surface area contributed by atoms with Crippen LogP contribution in [0.3, 0.4) is 0 Å². The summed E-state index contributed by atoms with van der Waals surface area (Å²) in [6, 6.07) is 8.75. The molecule has 7 heteroatoms. The minimum atomic E-state index is -0.293. The van der Waals surface area contributed by atoms with Gasteiger partial charge in [0.25, 0.3) is 5.91 Å². The Hall–Kier alpha value is -2.67. The van der Waals surface area contributed by atoms with Crippen LogP contribution in [-0.4, -0.2) is 45.4 Å². The normalized spacial score (nSPS) is 14.3. The zero-order chi connectivity index (χ0) is 19.7. The molecule has 4 rings (SSSR count). The number of hydrogen-bond acceptors (Lipinski definition) is 5. The lowest BCUT2D eigenvalue weighted by Crippen LogP contribution is -2.38. The minimum Gasteiger partial charge on any atom is -0.354 e. The van der Waals surface area contributed by atoms with Gasteiger partial charge in [0.05, 0.1) is 11.3 Å². The molecule has 0 saturated carbocycles. The summed E-state index contributed by atoms with van der Waals surface area (Å²) in [6.07, 6.45) is 1.58. The standard InChI is InChI=1S/C21H21FN4OS/c1-13-3-5-15(11-18(13)22)25-19-16-6-4-14(2)24-20(16)23-12-17(19)21(27)26-7-9-28-10-8-26/h3-6,11-12H,7-10H2,1-2H3,(H,23,24,25). The molecular formula is C21H21FN4OS. The number of nitrogens with one attached hydrogen (secondary N) is 1. The van der Waals surface area contributed by atoms with Crippen molar-refractivity contribution in [2.45, 2.75) is 13.8 Å². The summed E-state index contributed by atoms with van der Waals surface area (Å²) in [5.41, 5.74) is 3.65. The predicted octanol–water partition coefficient (Wildman–Crippen LogP) is 4.32. The lowest BCUT2D eigenvalue weighted by atomic mass is 10.1. The number of aromatic nitrogens is 2. The highest BCUT2D eigenvalue weighted by atomic mass is 32.2. The van der Waals surface area contributed by atoms with Gasteiger partial charge in [-0.25, -0.2) is 14.4 Å². The molecule has 1 fully saturated rings. The highest BCUT2D eigenvalue weighted by Crippen LogP contribution is 2.30. The monoisotopic (exact) mass is 396 g/mol. The fourth-order valence-electron chi connectivity index (χ4n) is 3.22. The van der Waals surface area contributed by atoms with Crippen molar-refractivity contribution < 1.29 is 9.18 Å². The summed E-state index contributed by atoms with van der Waals surface area (Å²) in [6.45, 7) is 5.05. The third-order valence-corrected chi connectivity index (χ3v) is 5.78. The van der Waals surface area contributed by atoms with Crippen molar-refractivity contribution >= 4 is 40.1 Å². The molecule has 1 amide bonds. The van der Waals surface area contributed by atoms with Crippen molar-refractivity contribution in [2.24, 2.45) is 0 Å². The number of hydrogen-bond donors (Lipinski definition) is 1. The van der Waals surface area contributed by atoms with Crippen LogP contribution in [0.1, 0.15) is 21.6 Å². The van der Waals surface area contributed by atoms with Crippen LogP contribution in [0.25, 0.3) is 11.0 Å². The van der Waals surface area contributed by atoms with Gasteiger partial charge in [-0.3, -0.25) is 4.79 Å². The van der Waals surface area contributed by atoms with E-state index in [2.05, 4.69) is 15.3 Å². The van der Waals surface area contributed by atoms with E-state index in [9.17, 15) is 9.18 Å². The van der Waals surface area contributed by atoms with E-state index in [0.717, 1.165) is 22.6 Å². The van der Waals surface area contributed by atoms with Crippen LogP contribution in [0, 0.1) is 19.7 Å². The van der Waals surface area contributed by atoms with Crippen LogP contribution in [-0.2, 0) is 0 Å². The topological polar surface area (TPSA) is 58.1 Å². The van der Waals surface area contributed by atoms with Gasteiger partial charge >= 0.3 is 0 Å². The predicted molar refractivity (Wildman–Crippen MR) is 112 cm³/mol. The van der Waals surface area contributed by atoms with E-state index in [1.54, 1.807) is 25.3 Å². The zero-order valence-electron chi connectivity index (χ0n) is 15.8. The quantitative estimate of drug-likeness (QED) is 0.715. The summed E-state index contributed by atoms with van der Waals surface area (Å²) >= 11 is 1.85. The van der Waals surface area contributed by atoms with Gasteiger partial charge in [-0.15, -0.1) is 0 Å². The van der Waals surface area contributed by atoms with E-state index in [4.69, 9.17) is 0 Å². The van der Waals surface area contributed by atoms with Gasteiger partial charge < -0.3 is 10.2 Å². The first kappa shape index (κ1) is 18.7. The molecule has 1 saturated heterocycles. The summed E-state index contributed by atoms with van der Waals surface area (Å²) in [5.74, 6) is 1.50. The molecule has 0 atom stereocenters. The molecular weight excluding hydrogens is 375 g/mol. The summed E-state index contributed by atoms with van der Waals surface area (Å²) < 4.78 is 14.1. The summed E-state index contributed by atoms with van der Waals surface area (Å²) in [4.78, 5) is 23.9. The molecule has 1 aliphatic heterocycles. The summed E-state index contributed by atoms with van der Waals surface area (Å²) in [7, 11) is 0. The molecule has 1 N–H and O–H groups in total. The van der Waals surface area contributed by atoms with Crippen molar-refractivity contribution in [3.8, 4) is 0 Å². The number of carbonyl (C=O) groups excluding carboxylic acids is 1. The van der Waals surface area contributed by atoms with Gasteiger partial charge in [0.2, 0.25) is 0 Å². The number of aryl methyl sites for hydroxylation is 2. The highest BCUT2D eigenvalue weighted by Gasteiger charge is 2.23. The number of benzene rings is 1. The molecule has 1 aliphatic rings. The number of rotatable bonds is 3. The Morgan fingerprint density at radius 2 is 1.96 bits per heavy atom. The number of carbonyl (C=O) groups is 1. The Balaban J connectivity index is 1.81. The number of pyridine rings is 2. The maximum atomic E-state index is 14.1. The van der Waals surface area contributed by atoms with Crippen LogP contribution >= 0.6 is 11.8 Å². The molecule has 28 heavy (non-hydrogen) atoms. The largest absolute Gasteiger partial charge is 0.354 e. The molecule has 0 spiro atoms. The molecule has 2 aromatic heterocycles. The van der Waals surface area contributed by atoms with Crippen LogP contribution in [0.4, 0.5) is 15.8 Å². The first-order valence-electron chi connectivity index (χ1n) is 9.19. The number of amides is 1. The fourth-order valence-corrected chi connectivity index (χ4v) is 4.12. The van der Waals surface area contributed by atoms with Crippen molar-refractivity contribution in [2.75, 3.05) is 29.9 Å². The van der Waals surface area contributed by atoms with E-state index in [-0.39, 0.29) is 11.7 Å². The lowest BCUT2D eigenvalue weighted by molar-refractivity contribution is 0.0773. The molecule has 0 radical (unpaired) electrons. The Morgan fingerprint density at radius 1 is 1.18 bits per heavy atom. The van der Waals surface area contributed by atoms with Gasteiger partial charge in [-0.1, -0.05) is 6.07 Å². The van der Waals surface area contributed by atoms with Gasteiger partial charge in [-0.2, -0.15) is 11.8 Å². The molecule has 0 unspecified atom stereocenters. The van der Waals surface area contributed by atoms with E-state index in [1.165, 1.54) is 6.07 Å². The van der Waals surface area contributed by atoms with Crippen LogP contribution in [0.5, 0.6) is 0 Å². The van der Waals surface area contributed by atoms with Crippen LogP contribution in [0.2, 0.25) is 0 Å². The van der Waals surface area contributed by atoms with E-state index < -0.39 is 0 Å². The first-order chi connectivity index (χ1) is 13.5. The number of halogens is 1. The van der Waals surface area contributed by atoms with E-state index in [0.29, 0.717) is 41.2 Å². The highest BCUT2D eigenvalue weighted by molar-refractivity contribution is 7.99. The average molecular weight is 396 g/mol. The fraction of sp³-hybridized carbons (Fsp3) is 0.286. The van der Waals surface area contributed by atoms with Crippen molar-refractivity contribution in [3.63, 3.8) is 0 Å². The number of nitrogens with zero attached hydrogens (tertiary/aromatic N) is 3. The molecule has 0 aliphatic carbocycles. The van der Waals surface area contributed by atoms with Crippen LogP contribution < -0.4 is 5.32 Å². The Bertz CT molecular complexity index is 1050. The maximum absolute atomic E-state index is 14.1. The number of fused-ring (bicyclic) bond motifs is 1.